The molecule has 10 rings (SSSR count). The number of benzene rings is 7. The van der Waals surface area contributed by atoms with E-state index in [0.717, 1.165) is 71.9 Å². The Morgan fingerprint density at radius 2 is 0.827 bits per heavy atom. The van der Waals surface area contributed by atoms with Crippen LogP contribution in [-0.2, 0) is 0 Å². The third kappa shape index (κ3) is 5.19. The molecule has 0 fully saturated rings. The Morgan fingerprint density at radius 1 is 0.308 bits per heavy atom. The molecule has 0 radical (unpaired) electrons. The quantitative estimate of drug-likeness (QED) is 0.172. The normalized spacial score (nSPS) is 11.5. The lowest BCUT2D eigenvalue weighted by Crippen LogP contribution is -1.93. The van der Waals surface area contributed by atoms with E-state index in [2.05, 4.69) is 170 Å². The maximum absolute atomic E-state index is 5.26. The van der Waals surface area contributed by atoms with Gasteiger partial charge in [0.15, 0.2) is 0 Å². The van der Waals surface area contributed by atoms with Gasteiger partial charge in [0.25, 0.3) is 0 Å². The molecule has 3 heterocycles. The molecule has 0 aliphatic heterocycles. The van der Waals surface area contributed by atoms with Crippen molar-refractivity contribution >= 4 is 43.5 Å². The van der Waals surface area contributed by atoms with Gasteiger partial charge in [-0.25, -0.2) is 15.0 Å². The lowest BCUT2D eigenvalue weighted by atomic mass is 9.91. The fraction of sp³-hybridized carbons (Fsp3) is 0. The molecule has 10 aromatic rings. The molecule has 0 spiro atoms. The highest BCUT2D eigenvalue weighted by Gasteiger charge is 2.16. The lowest BCUT2D eigenvalue weighted by molar-refractivity contribution is 1.36. The summed E-state index contributed by atoms with van der Waals surface area (Å²) in [5, 5.41) is 5.64. The maximum atomic E-state index is 5.26. The second-order valence-corrected chi connectivity index (χ2v) is 13.2. The largest absolute Gasteiger partial charge is 0.247 e. The van der Waals surface area contributed by atoms with E-state index in [1.165, 1.54) is 27.6 Å². The second-order valence-electron chi connectivity index (χ2n) is 13.2. The number of rotatable bonds is 5. The number of para-hydroxylation sites is 1. The van der Waals surface area contributed by atoms with Crippen molar-refractivity contribution in [1.29, 1.82) is 0 Å². The van der Waals surface area contributed by atoms with Crippen molar-refractivity contribution in [1.82, 2.24) is 15.0 Å². The first kappa shape index (κ1) is 29.9. The van der Waals surface area contributed by atoms with Crippen molar-refractivity contribution in [3.8, 4) is 56.0 Å². The first-order valence-electron chi connectivity index (χ1n) is 17.6. The molecule has 7 aromatic carbocycles. The molecule has 3 aromatic heterocycles. The Bertz CT molecular complexity index is 2930. The summed E-state index contributed by atoms with van der Waals surface area (Å²) >= 11 is 0. The third-order valence-corrected chi connectivity index (χ3v) is 10.0. The average molecular weight is 662 g/mol. The Balaban J connectivity index is 1.08. The highest BCUT2D eigenvalue weighted by atomic mass is 14.8. The van der Waals surface area contributed by atoms with Crippen LogP contribution in [0.5, 0.6) is 0 Å². The van der Waals surface area contributed by atoms with E-state index in [0.29, 0.717) is 0 Å². The fourth-order valence-electron chi connectivity index (χ4n) is 7.46. The van der Waals surface area contributed by atoms with Crippen molar-refractivity contribution < 1.29 is 0 Å². The van der Waals surface area contributed by atoms with Crippen molar-refractivity contribution in [2.24, 2.45) is 0 Å². The predicted octanol–water partition coefficient (Wildman–Crippen LogP) is 12.8. The standard InChI is InChI=1S/C49H31N3/c1-3-11-32(12-4-1)38-15-9-16-39(31-38)40-18-10-19-42-46(40)41-17-7-8-20-45(41)52-47(42)35-23-21-34(22-24-35)44-30-28-37-26-25-36-27-29-43(33-13-5-2-6-14-33)50-48(36)49(37)51-44/h1-31H. The van der Waals surface area contributed by atoms with E-state index in [9.17, 15) is 0 Å². The molecule has 0 amide bonds. The van der Waals surface area contributed by atoms with Gasteiger partial charge in [-0.05, 0) is 46.5 Å². The average Bonchev–Trinajstić information content (AvgIpc) is 3.23. The van der Waals surface area contributed by atoms with E-state index >= 15 is 0 Å². The summed E-state index contributed by atoms with van der Waals surface area (Å²) in [6.07, 6.45) is 0. The Hall–Kier alpha value is -6.97. The minimum Gasteiger partial charge on any atom is -0.247 e. The molecule has 0 saturated carbocycles. The third-order valence-electron chi connectivity index (χ3n) is 10.0. The van der Waals surface area contributed by atoms with E-state index in [1.807, 2.05) is 18.2 Å². The summed E-state index contributed by atoms with van der Waals surface area (Å²) in [5.74, 6) is 0. The van der Waals surface area contributed by atoms with E-state index in [4.69, 9.17) is 15.0 Å². The van der Waals surface area contributed by atoms with Gasteiger partial charge >= 0.3 is 0 Å². The summed E-state index contributed by atoms with van der Waals surface area (Å²) in [4.78, 5) is 15.6. The van der Waals surface area contributed by atoms with Crippen molar-refractivity contribution in [2.45, 2.75) is 0 Å². The second kappa shape index (κ2) is 12.4. The molecule has 0 saturated heterocycles. The van der Waals surface area contributed by atoms with Crippen molar-refractivity contribution in [2.75, 3.05) is 0 Å². The van der Waals surface area contributed by atoms with Crippen LogP contribution in [0.25, 0.3) is 99.5 Å². The van der Waals surface area contributed by atoms with Gasteiger partial charge in [-0.15, -0.1) is 0 Å². The van der Waals surface area contributed by atoms with Gasteiger partial charge in [-0.3, -0.25) is 0 Å². The minimum absolute atomic E-state index is 0.905. The smallest absolute Gasteiger partial charge is 0.0972 e. The monoisotopic (exact) mass is 661 g/mol. The van der Waals surface area contributed by atoms with Gasteiger partial charge in [-0.1, -0.05) is 164 Å². The predicted molar refractivity (Wildman–Crippen MR) is 217 cm³/mol. The van der Waals surface area contributed by atoms with Gasteiger partial charge in [0.05, 0.1) is 33.6 Å². The fourth-order valence-corrected chi connectivity index (χ4v) is 7.46. The van der Waals surface area contributed by atoms with E-state index in [1.54, 1.807) is 0 Å². The molecule has 3 heteroatoms. The highest BCUT2D eigenvalue weighted by Crippen LogP contribution is 2.40. The van der Waals surface area contributed by atoms with Crippen molar-refractivity contribution in [3.63, 3.8) is 0 Å². The zero-order valence-corrected chi connectivity index (χ0v) is 28.2. The van der Waals surface area contributed by atoms with Crippen LogP contribution in [0.2, 0.25) is 0 Å². The lowest BCUT2D eigenvalue weighted by Gasteiger charge is -2.15. The van der Waals surface area contributed by atoms with E-state index in [-0.39, 0.29) is 0 Å². The summed E-state index contributed by atoms with van der Waals surface area (Å²) in [7, 11) is 0. The molecule has 0 aliphatic rings. The molecule has 0 bridgehead atoms. The van der Waals surface area contributed by atoms with Gasteiger partial charge in [0.1, 0.15) is 0 Å². The Morgan fingerprint density at radius 3 is 1.54 bits per heavy atom. The summed E-state index contributed by atoms with van der Waals surface area (Å²) in [6.45, 7) is 0. The Kier molecular flexibility index (Phi) is 7.14. The summed E-state index contributed by atoms with van der Waals surface area (Å²) in [6, 6.07) is 66.2. The number of hydrogen-bond acceptors (Lipinski definition) is 3. The summed E-state index contributed by atoms with van der Waals surface area (Å²) in [5.41, 5.74) is 13.6. The maximum Gasteiger partial charge on any atom is 0.0972 e. The van der Waals surface area contributed by atoms with Gasteiger partial charge < -0.3 is 0 Å². The zero-order chi connectivity index (χ0) is 34.4. The molecular weight excluding hydrogens is 631 g/mol. The number of pyridine rings is 3. The number of nitrogens with zero attached hydrogens (tertiary/aromatic N) is 3. The molecule has 0 atom stereocenters. The topological polar surface area (TPSA) is 38.7 Å². The zero-order valence-electron chi connectivity index (χ0n) is 28.2. The minimum atomic E-state index is 0.905. The van der Waals surface area contributed by atoms with E-state index < -0.39 is 0 Å². The van der Waals surface area contributed by atoms with Gasteiger partial charge in [0, 0.05) is 43.6 Å². The molecule has 3 nitrogen and oxygen atoms in total. The van der Waals surface area contributed by atoms with Crippen LogP contribution >= 0.6 is 0 Å². The van der Waals surface area contributed by atoms with Gasteiger partial charge in [0.2, 0.25) is 0 Å². The van der Waals surface area contributed by atoms with Crippen molar-refractivity contribution in [3.05, 3.63) is 188 Å². The summed E-state index contributed by atoms with van der Waals surface area (Å²) < 4.78 is 0. The van der Waals surface area contributed by atoms with Crippen LogP contribution in [-0.4, -0.2) is 15.0 Å². The number of aromatic nitrogens is 3. The van der Waals surface area contributed by atoms with Crippen LogP contribution in [0.15, 0.2) is 188 Å². The molecule has 0 aliphatic carbocycles. The van der Waals surface area contributed by atoms with Crippen LogP contribution < -0.4 is 0 Å². The first-order valence-corrected chi connectivity index (χ1v) is 17.6. The molecular formula is C49H31N3. The molecule has 0 N–H and O–H groups in total. The molecule has 52 heavy (non-hydrogen) atoms. The van der Waals surface area contributed by atoms with Gasteiger partial charge in [-0.2, -0.15) is 0 Å². The molecule has 242 valence electrons. The van der Waals surface area contributed by atoms with Crippen LogP contribution in [0.3, 0.4) is 0 Å². The number of hydrogen-bond donors (Lipinski definition) is 0. The SMILES string of the molecule is c1ccc(-c2cccc(-c3cccc4c(-c5ccc(-c6ccc7ccc8ccc(-c9ccccc9)nc8c7n6)cc5)nc5ccccc5c34)c2)cc1. The first-order chi connectivity index (χ1) is 25.8. The van der Waals surface area contributed by atoms with Crippen LogP contribution in [0, 0.1) is 0 Å². The molecule has 0 unspecified atom stereocenters. The Labute approximate surface area is 301 Å². The van der Waals surface area contributed by atoms with Crippen LogP contribution in [0.4, 0.5) is 0 Å². The number of fused-ring (bicyclic) bond motifs is 6. The van der Waals surface area contributed by atoms with Crippen LogP contribution in [0.1, 0.15) is 0 Å². The highest BCUT2D eigenvalue weighted by molar-refractivity contribution is 6.17.